The first-order valence-electron chi connectivity index (χ1n) is 16.5. The number of carbonyl (C=O) groups is 1. The van der Waals surface area contributed by atoms with Crippen LogP contribution < -0.4 is 9.64 Å². The molecule has 0 saturated carbocycles. The highest BCUT2D eigenvalue weighted by Crippen LogP contribution is 2.50. The maximum absolute atomic E-state index is 13.5. The van der Waals surface area contributed by atoms with Gasteiger partial charge in [0.05, 0.1) is 17.8 Å². The summed E-state index contributed by atoms with van der Waals surface area (Å²) in [6.45, 7) is 6.01. The van der Waals surface area contributed by atoms with E-state index in [-0.39, 0.29) is 5.91 Å². The van der Waals surface area contributed by atoms with E-state index in [1.54, 1.807) is 30.6 Å². The molecule has 2 aliphatic rings. The first kappa shape index (κ1) is 33.9. The predicted molar refractivity (Wildman–Crippen MR) is 180 cm³/mol. The fourth-order valence-corrected chi connectivity index (χ4v) is 7.81. The number of amides is 1. The third-order valence-electron chi connectivity index (χ3n) is 8.09. The van der Waals surface area contributed by atoms with Crippen LogP contribution in [0.3, 0.4) is 0 Å². The molecule has 1 amide bonds. The predicted octanol–water partition coefficient (Wildman–Crippen LogP) is 10.4. The number of nitrogens with zero attached hydrogens (tertiary/aromatic N) is 3. The summed E-state index contributed by atoms with van der Waals surface area (Å²) in [7, 11) is 3.73. The lowest BCUT2D eigenvalue weighted by Gasteiger charge is -2.16. The average molecular weight is 602 g/mol. The van der Waals surface area contributed by atoms with E-state index >= 15 is 0 Å². The summed E-state index contributed by atoms with van der Waals surface area (Å²) in [6.07, 6.45) is 24.0. The third-order valence-corrected chi connectivity index (χ3v) is 10.6. The van der Waals surface area contributed by atoms with E-state index in [4.69, 9.17) is 9.73 Å². The van der Waals surface area contributed by atoms with Crippen LogP contribution in [0, 0.1) is 0 Å². The van der Waals surface area contributed by atoms with Crippen molar-refractivity contribution < 1.29 is 9.53 Å². The van der Waals surface area contributed by atoms with E-state index < -0.39 is 0 Å². The van der Waals surface area contributed by atoms with Gasteiger partial charge in [0.15, 0.2) is 5.17 Å². The molecular weight excluding hydrogens is 547 g/mol. The number of carbonyl (C=O) groups excluding carboxylic acids is 1. The Kier molecular flexibility index (Phi) is 16.2. The number of ether oxygens (including phenoxy) is 1. The molecule has 41 heavy (non-hydrogen) atoms. The van der Waals surface area contributed by atoms with Crippen LogP contribution in [0.5, 0.6) is 5.75 Å². The number of hydrogen-bond acceptors (Lipinski definition) is 6. The van der Waals surface area contributed by atoms with Gasteiger partial charge >= 0.3 is 0 Å². The Morgan fingerprint density at radius 3 is 1.88 bits per heavy atom. The molecule has 7 heteroatoms. The second kappa shape index (κ2) is 19.6. The Morgan fingerprint density at radius 1 is 0.756 bits per heavy atom. The van der Waals surface area contributed by atoms with E-state index in [2.05, 4.69) is 24.8 Å². The van der Waals surface area contributed by atoms with Crippen LogP contribution >= 0.6 is 23.5 Å². The number of aliphatic imine (C=N–C) groups is 1. The molecule has 5 nitrogen and oxygen atoms in total. The Balaban J connectivity index is 1.35. The zero-order chi connectivity index (χ0) is 29.3. The highest BCUT2D eigenvalue weighted by Gasteiger charge is 2.38. The van der Waals surface area contributed by atoms with Crippen LogP contribution in [0.15, 0.2) is 38.0 Å². The summed E-state index contributed by atoms with van der Waals surface area (Å²) >= 11 is 3.23. The molecule has 1 aromatic rings. The second-order valence-corrected chi connectivity index (χ2v) is 13.5. The molecule has 1 saturated heterocycles. The molecule has 0 unspecified atom stereocenters. The molecule has 0 atom stereocenters. The van der Waals surface area contributed by atoms with Crippen LogP contribution in [0.1, 0.15) is 129 Å². The third kappa shape index (κ3) is 10.9. The molecule has 0 aromatic heterocycles. The molecule has 0 spiro atoms. The zero-order valence-corrected chi connectivity index (χ0v) is 28.0. The van der Waals surface area contributed by atoms with Crippen molar-refractivity contribution >= 4 is 40.3 Å². The van der Waals surface area contributed by atoms with Gasteiger partial charge in [-0.15, -0.1) is 0 Å². The smallest absolute Gasteiger partial charge is 0.269 e. The van der Waals surface area contributed by atoms with Gasteiger partial charge in [0, 0.05) is 31.1 Å². The van der Waals surface area contributed by atoms with Crippen molar-refractivity contribution in [3.63, 3.8) is 0 Å². The van der Waals surface area contributed by atoms with Crippen LogP contribution in [0.4, 0.5) is 5.69 Å². The SMILES string of the molecule is CCCCCCCCCCCCCCCCCCN=C1SC(=C2Sc3ccc(OC)cc3N2C)C(=O)N1CCCC. The number of fused-ring (bicyclic) bond motifs is 1. The first-order valence-corrected chi connectivity index (χ1v) is 18.1. The highest BCUT2D eigenvalue weighted by atomic mass is 32.2. The Labute approximate surface area is 259 Å². The maximum atomic E-state index is 13.5. The van der Waals surface area contributed by atoms with Gasteiger partial charge in [0.2, 0.25) is 0 Å². The fraction of sp³-hybridized carbons (Fsp3) is 0.706. The van der Waals surface area contributed by atoms with Gasteiger partial charge in [-0.1, -0.05) is 128 Å². The Hall–Kier alpha value is -1.60. The summed E-state index contributed by atoms with van der Waals surface area (Å²) < 4.78 is 5.42. The molecule has 0 radical (unpaired) electrons. The number of benzene rings is 1. The number of rotatable bonds is 21. The monoisotopic (exact) mass is 601 g/mol. The van der Waals surface area contributed by atoms with Crippen molar-refractivity contribution in [1.82, 2.24) is 4.90 Å². The zero-order valence-electron chi connectivity index (χ0n) is 26.3. The van der Waals surface area contributed by atoms with Gasteiger partial charge in [-0.2, -0.15) is 0 Å². The molecule has 0 N–H and O–H groups in total. The van der Waals surface area contributed by atoms with E-state index in [0.717, 1.165) is 63.8 Å². The minimum atomic E-state index is 0.100. The van der Waals surface area contributed by atoms with E-state index in [1.807, 2.05) is 24.1 Å². The molecule has 0 aliphatic carbocycles. The molecule has 3 rings (SSSR count). The van der Waals surface area contributed by atoms with Crippen LogP contribution in [-0.2, 0) is 4.79 Å². The van der Waals surface area contributed by atoms with Crippen molar-refractivity contribution in [2.75, 3.05) is 32.1 Å². The largest absolute Gasteiger partial charge is 0.497 e. The van der Waals surface area contributed by atoms with Crippen molar-refractivity contribution in [2.24, 2.45) is 4.99 Å². The second-order valence-electron chi connectivity index (χ2n) is 11.5. The minimum Gasteiger partial charge on any atom is -0.497 e. The van der Waals surface area contributed by atoms with Gasteiger partial charge in [0.1, 0.15) is 10.7 Å². The Bertz CT molecular complexity index is 994. The summed E-state index contributed by atoms with van der Waals surface area (Å²) in [5.74, 6) is 0.932. The van der Waals surface area contributed by atoms with Crippen LogP contribution in [0.2, 0.25) is 0 Å². The molecule has 1 fully saturated rings. The molecule has 2 aliphatic heterocycles. The van der Waals surface area contributed by atoms with E-state index in [1.165, 1.54) is 96.3 Å². The maximum Gasteiger partial charge on any atom is 0.269 e. The number of unbranched alkanes of at least 4 members (excludes halogenated alkanes) is 16. The van der Waals surface area contributed by atoms with Crippen molar-refractivity contribution in [3.05, 3.63) is 28.1 Å². The summed E-state index contributed by atoms with van der Waals surface area (Å²) in [6, 6.07) is 6.10. The quantitative estimate of drug-likeness (QED) is 0.104. The molecule has 2 heterocycles. The average Bonchev–Trinajstić information content (AvgIpc) is 3.48. The highest BCUT2D eigenvalue weighted by molar-refractivity contribution is 8.19. The van der Waals surface area contributed by atoms with Gasteiger partial charge < -0.3 is 9.64 Å². The number of amidine groups is 1. The summed E-state index contributed by atoms with van der Waals surface area (Å²) in [5, 5.41) is 1.88. The number of thioether (sulfide) groups is 2. The minimum absolute atomic E-state index is 0.100. The number of anilines is 1. The van der Waals surface area contributed by atoms with Crippen molar-refractivity contribution in [2.45, 2.75) is 134 Å². The molecule has 230 valence electrons. The van der Waals surface area contributed by atoms with Crippen LogP contribution in [-0.4, -0.2) is 43.2 Å². The van der Waals surface area contributed by atoms with Crippen molar-refractivity contribution in [1.29, 1.82) is 0 Å². The normalized spacial score (nSPS) is 17.8. The van der Waals surface area contributed by atoms with Gasteiger partial charge in [-0.3, -0.25) is 14.7 Å². The van der Waals surface area contributed by atoms with Crippen LogP contribution in [0.25, 0.3) is 0 Å². The van der Waals surface area contributed by atoms with E-state index in [9.17, 15) is 4.79 Å². The topological polar surface area (TPSA) is 45.1 Å². The number of hydrogen-bond donors (Lipinski definition) is 0. The fourth-order valence-electron chi connectivity index (χ4n) is 5.45. The number of methoxy groups -OCH3 is 1. The standard InChI is InChI=1S/C34H55N3O2S2/c1-5-7-9-10-11-12-13-14-15-16-17-18-19-20-21-22-25-35-34-37(26-8-6-2)32(38)31(41-34)33-36(3)29-27-28(39-4)23-24-30(29)40-33/h23-24,27H,5-22,25-26H2,1-4H3. The van der Waals surface area contributed by atoms with E-state index in [0.29, 0.717) is 0 Å². The van der Waals surface area contributed by atoms with Crippen molar-refractivity contribution in [3.8, 4) is 5.75 Å². The summed E-state index contributed by atoms with van der Waals surface area (Å²) in [4.78, 5) is 24.4. The lowest BCUT2D eigenvalue weighted by Crippen LogP contribution is -2.30. The molecular formula is C34H55N3O2S2. The first-order chi connectivity index (χ1) is 20.1. The molecule has 0 bridgehead atoms. The molecule has 1 aromatic carbocycles. The Morgan fingerprint density at radius 2 is 1.32 bits per heavy atom. The van der Waals surface area contributed by atoms with Gasteiger partial charge in [0.25, 0.3) is 5.91 Å². The van der Waals surface area contributed by atoms with Gasteiger partial charge in [-0.05, 0) is 36.7 Å². The lowest BCUT2D eigenvalue weighted by molar-refractivity contribution is -0.122. The van der Waals surface area contributed by atoms with Gasteiger partial charge in [-0.25, -0.2) is 0 Å². The lowest BCUT2D eigenvalue weighted by atomic mass is 10.0. The summed E-state index contributed by atoms with van der Waals surface area (Å²) in [5.41, 5.74) is 1.09.